The Morgan fingerprint density at radius 2 is 0.794 bits per heavy atom. The molecule has 296 valence electrons. The summed E-state index contributed by atoms with van der Waals surface area (Å²) < 4.78 is 9.13. The first kappa shape index (κ1) is 36.5. The van der Waals surface area contributed by atoms with Crippen molar-refractivity contribution in [3.05, 3.63) is 243 Å². The van der Waals surface area contributed by atoms with Crippen LogP contribution in [0, 0.1) is 0 Å². The van der Waals surface area contributed by atoms with Gasteiger partial charge in [0.2, 0.25) is 0 Å². The van der Waals surface area contributed by atoms with Gasteiger partial charge in [-0.1, -0.05) is 194 Å². The summed E-state index contributed by atoms with van der Waals surface area (Å²) in [5, 5.41) is 4.69. The summed E-state index contributed by atoms with van der Waals surface area (Å²) in [5.74, 6) is 0. The van der Waals surface area contributed by atoms with E-state index in [1.54, 1.807) is 0 Å². The Balaban J connectivity index is 1.09. The first-order valence-electron chi connectivity index (χ1n) is 21.5. The highest BCUT2D eigenvalue weighted by Gasteiger charge is 2.24. The van der Waals surface area contributed by atoms with E-state index in [1.165, 1.54) is 32.9 Å². The molecular formula is C60H40N2O. The van der Waals surface area contributed by atoms with Crippen LogP contribution in [0.3, 0.4) is 0 Å². The first-order chi connectivity index (χ1) is 31.3. The van der Waals surface area contributed by atoms with E-state index in [2.05, 4.69) is 246 Å². The van der Waals surface area contributed by atoms with E-state index in [0.717, 1.165) is 78.1 Å². The summed E-state index contributed by atoms with van der Waals surface area (Å²) in [5.41, 5.74) is 17.4. The van der Waals surface area contributed by atoms with Gasteiger partial charge in [0.05, 0.1) is 28.1 Å². The van der Waals surface area contributed by atoms with Crippen LogP contribution < -0.4 is 4.90 Å². The van der Waals surface area contributed by atoms with Gasteiger partial charge in [-0.2, -0.15) is 0 Å². The molecule has 0 spiro atoms. The van der Waals surface area contributed by atoms with Crippen molar-refractivity contribution in [2.45, 2.75) is 0 Å². The van der Waals surface area contributed by atoms with Crippen LogP contribution in [-0.2, 0) is 0 Å². The first-order valence-corrected chi connectivity index (χ1v) is 21.5. The highest BCUT2D eigenvalue weighted by atomic mass is 16.3. The average Bonchev–Trinajstić information content (AvgIpc) is 3.91. The fraction of sp³-hybridized carbons (Fsp3) is 0. The van der Waals surface area contributed by atoms with Gasteiger partial charge in [-0.15, -0.1) is 0 Å². The van der Waals surface area contributed by atoms with Gasteiger partial charge >= 0.3 is 0 Å². The van der Waals surface area contributed by atoms with Crippen LogP contribution in [-0.4, -0.2) is 4.57 Å². The minimum absolute atomic E-state index is 0.878. The van der Waals surface area contributed by atoms with Crippen molar-refractivity contribution in [2.24, 2.45) is 0 Å². The van der Waals surface area contributed by atoms with Crippen LogP contribution in [0.15, 0.2) is 247 Å². The lowest BCUT2D eigenvalue weighted by Gasteiger charge is -2.30. The topological polar surface area (TPSA) is 21.3 Å². The zero-order valence-corrected chi connectivity index (χ0v) is 34.4. The molecule has 63 heavy (non-hydrogen) atoms. The number of hydrogen-bond acceptors (Lipinski definition) is 2. The number of aromatic nitrogens is 1. The number of fused-ring (bicyclic) bond motifs is 6. The summed E-state index contributed by atoms with van der Waals surface area (Å²) in [7, 11) is 0. The molecule has 2 aromatic heterocycles. The lowest BCUT2D eigenvalue weighted by atomic mass is 9.96. The molecule has 3 nitrogen and oxygen atoms in total. The van der Waals surface area contributed by atoms with E-state index in [-0.39, 0.29) is 0 Å². The van der Waals surface area contributed by atoms with Crippen LogP contribution in [0.1, 0.15) is 0 Å². The van der Waals surface area contributed by atoms with Gasteiger partial charge in [0, 0.05) is 49.5 Å². The third-order valence-electron chi connectivity index (χ3n) is 12.4. The van der Waals surface area contributed by atoms with Crippen LogP contribution >= 0.6 is 0 Å². The number of hydrogen-bond donors (Lipinski definition) is 0. The molecule has 0 bridgehead atoms. The van der Waals surface area contributed by atoms with Gasteiger partial charge < -0.3 is 13.9 Å². The normalized spacial score (nSPS) is 11.5. The zero-order valence-electron chi connectivity index (χ0n) is 34.4. The maximum atomic E-state index is 6.70. The van der Waals surface area contributed by atoms with Crippen molar-refractivity contribution in [1.82, 2.24) is 4.57 Å². The number of nitrogens with zero attached hydrogens (tertiary/aromatic N) is 2. The Labute approximate surface area is 366 Å². The summed E-state index contributed by atoms with van der Waals surface area (Å²) >= 11 is 0. The van der Waals surface area contributed by atoms with Crippen molar-refractivity contribution >= 4 is 60.8 Å². The Morgan fingerprint density at radius 3 is 1.51 bits per heavy atom. The summed E-state index contributed by atoms with van der Waals surface area (Å²) in [4.78, 5) is 2.44. The van der Waals surface area contributed by atoms with E-state index in [0.29, 0.717) is 0 Å². The second-order valence-corrected chi connectivity index (χ2v) is 16.0. The van der Waals surface area contributed by atoms with E-state index in [1.807, 2.05) is 6.07 Å². The Bertz CT molecular complexity index is 3580. The SMILES string of the molecule is c1ccc(-c2ccc(-c3cccc(N(c4ccccc4-c4ccccc4-n4c5ccccc5c5ccccc54)c4ccccc4-c4cccc5c4oc4ccccc45)c3)cc2)cc1. The van der Waals surface area contributed by atoms with Crippen LogP contribution in [0.25, 0.3) is 93.9 Å². The molecule has 0 saturated heterocycles. The van der Waals surface area contributed by atoms with Crippen LogP contribution in [0.5, 0.6) is 0 Å². The molecule has 3 heteroatoms. The van der Waals surface area contributed by atoms with Gasteiger partial charge in [0.25, 0.3) is 0 Å². The van der Waals surface area contributed by atoms with Crippen molar-refractivity contribution < 1.29 is 4.42 Å². The van der Waals surface area contributed by atoms with Crippen molar-refractivity contribution in [2.75, 3.05) is 4.90 Å². The minimum Gasteiger partial charge on any atom is -0.455 e. The second-order valence-electron chi connectivity index (χ2n) is 16.0. The predicted molar refractivity (Wildman–Crippen MR) is 264 cm³/mol. The zero-order chi connectivity index (χ0) is 41.7. The molecule has 0 fully saturated rings. The monoisotopic (exact) mass is 804 g/mol. The summed E-state index contributed by atoms with van der Waals surface area (Å²) in [6, 6.07) is 87.1. The Morgan fingerprint density at radius 1 is 0.317 bits per heavy atom. The maximum Gasteiger partial charge on any atom is 0.143 e. The quantitative estimate of drug-likeness (QED) is 0.153. The number of rotatable bonds is 8. The minimum atomic E-state index is 0.878. The molecule has 0 unspecified atom stereocenters. The van der Waals surface area contributed by atoms with Crippen molar-refractivity contribution in [1.29, 1.82) is 0 Å². The Hall–Kier alpha value is -8.40. The molecule has 0 radical (unpaired) electrons. The molecule has 0 aliphatic carbocycles. The van der Waals surface area contributed by atoms with Gasteiger partial charge in [-0.25, -0.2) is 0 Å². The number of furan rings is 1. The molecule has 0 saturated carbocycles. The molecule has 2 heterocycles. The van der Waals surface area contributed by atoms with Gasteiger partial charge in [0.1, 0.15) is 11.2 Å². The summed E-state index contributed by atoms with van der Waals surface area (Å²) in [6.07, 6.45) is 0. The van der Waals surface area contributed by atoms with Crippen molar-refractivity contribution in [3.8, 4) is 50.2 Å². The second kappa shape index (κ2) is 15.3. The summed E-state index contributed by atoms with van der Waals surface area (Å²) in [6.45, 7) is 0. The molecule has 0 amide bonds. The number of anilines is 3. The van der Waals surface area contributed by atoms with Crippen LogP contribution in [0.4, 0.5) is 17.1 Å². The van der Waals surface area contributed by atoms with E-state index < -0.39 is 0 Å². The smallest absolute Gasteiger partial charge is 0.143 e. The molecule has 10 aromatic carbocycles. The van der Waals surface area contributed by atoms with Gasteiger partial charge in [-0.05, 0) is 70.8 Å². The van der Waals surface area contributed by atoms with Gasteiger partial charge in [-0.3, -0.25) is 0 Å². The molecule has 0 aliphatic rings. The molecule has 0 atom stereocenters. The average molecular weight is 805 g/mol. The highest BCUT2D eigenvalue weighted by Crippen LogP contribution is 2.48. The fourth-order valence-electron chi connectivity index (χ4n) is 9.55. The molecule has 12 aromatic rings. The molecule has 0 aliphatic heterocycles. The van der Waals surface area contributed by atoms with Gasteiger partial charge in [0.15, 0.2) is 0 Å². The van der Waals surface area contributed by atoms with E-state index >= 15 is 0 Å². The standard InChI is InChI=1S/C60H40N2O/c1-2-18-41(19-3-1)42-36-38-43(39-37-42)44-20-16-21-45(40-44)61(55-31-11-8-26-50(55)52-28-17-29-53-51-27-9-15-35-59(51)63-60(52)53)54-30-10-4-22-46(54)47-23-5-12-32-56(47)62-57-33-13-6-24-48(57)49-25-7-14-34-58(49)62/h1-40H. The van der Waals surface area contributed by atoms with Crippen molar-refractivity contribution in [3.63, 3.8) is 0 Å². The number of benzene rings is 10. The van der Waals surface area contributed by atoms with E-state index in [9.17, 15) is 0 Å². The maximum absolute atomic E-state index is 6.70. The lowest BCUT2D eigenvalue weighted by molar-refractivity contribution is 0.670. The predicted octanol–water partition coefficient (Wildman–Crippen LogP) is 16.8. The third kappa shape index (κ3) is 6.21. The number of para-hydroxylation sites is 7. The largest absolute Gasteiger partial charge is 0.455 e. The molecule has 0 N–H and O–H groups in total. The molecule has 12 rings (SSSR count). The highest BCUT2D eigenvalue weighted by molar-refractivity contribution is 6.12. The Kier molecular flexibility index (Phi) is 8.83. The third-order valence-corrected chi connectivity index (χ3v) is 12.4. The molecular weight excluding hydrogens is 765 g/mol. The van der Waals surface area contributed by atoms with Crippen LogP contribution in [0.2, 0.25) is 0 Å². The van der Waals surface area contributed by atoms with E-state index in [4.69, 9.17) is 4.42 Å². The lowest BCUT2D eigenvalue weighted by Crippen LogP contribution is -2.13. The fourth-order valence-corrected chi connectivity index (χ4v) is 9.55.